The Morgan fingerprint density at radius 2 is 2.28 bits per heavy atom. The minimum absolute atomic E-state index is 0.0959. The summed E-state index contributed by atoms with van der Waals surface area (Å²) >= 11 is 0.968. The molecule has 8 heteroatoms. The van der Waals surface area contributed by atoms with Crippen molar-refractivity contribution in [1.82, 2.24) is 13.5 Å². The third-order valence-corrected chi connectivity index (χ3v) is 4.46. The van der Waals surface area contributed by atoms with Crippen LogP contribution in [0.15, 0.2) is 23.1 Å². The molecule has 2 rings (SSSR count). The molecule has 0 aliphatic heterocycles. The van der Waals surface area contributed by atoms with Crippen LogP contribution in [0.5, 0.6) is 0 Å². The van der Waals surface area contributed by atoms with Gasteiger partial charge in [0.25, 0.3) is 0 Å². The van der Waals surface area contributed by atoms with Crippen molar-refractivity contribution in [1.29, 1.82) is 5.26 Å². The predicted molar refractivity (Wildman–Crippen MR) is 67.4 cm³/mol. The van der Waals surface area contributed by atoms with Crippen molar-refractivity contribution < 1.29 is 8.42 Å². The third kappa shape index (κ3) is 2.48. The average Bonchev–Trinajstić information content (AvgIpc) is 2.75. The van der Waals surface area contributed by atoms with Gasteiger partial charge >= 0.3 is 0 Å². The maximum absolute atomic E-state index is 12.1. The second-order valence-corrected chi connectivity index (χ2v) is 5.98. The SMILES string of the molecule is CC(CC#N)NS(=O)(=O)c1cccc2nsnc12. The zero-order valence-corrected chi connectivity index (χ0v) is 11.1. The Morgan fingerprint density at radius 3 is 3.00 bits per heavy atom. The number of nitriles is 1. The second kappa shape index (κ2) is 4.97. The van der Waals surface area contributed by atoms with Gasteiger partial charge in [-0.1, -0.05) is 6.07 Å². The molecule has 6 nitrogen and oxygen atoms in total. The number of fused-ring (bicyclic) bond motifs is 1. The lowest BCUT2D eigenvalue weighted by Crippen LogP contribution is -2.32. The average molecular weight is 282 g/mol. The van der Waals surface area contributed by atoms with Crippen molar-refractivity contribution in [3.8, 4) is 6.07 Å². The monoisotopic (exact) mass is 282 g/mol. The van der Waals surface area contributed by atoms with Crippen LogP contribution in [-0.4, -0.2) is 23.2 Å². The Hall–Kier alpha value is -1.56. The summed E-state index contributed by atoms with van der Waals surface area (Å²) in [6, 6.07) is 6.28. The first kappa shape index (κ1) is 12.9. The number of aromatic nitrogens is 2. The molecular formula is C10H10N4O2S2. The van der Waals surface area contributed by atoms with Crippen molar-refractivity contribution in [3.63, 3.8) is 0 Å². The van der Waals surface area contributed by atoms with E-state index in [9.17, 15) is 8.42 Å². The van der Waals surface area contributed by atoms with Gasteiger partial charge in [-0.3, -0.25) is 0 Å². The van der Waals surface area contributed by atoms with Gasteiger partial charge in [0.1, 0.15) is 15.9 Å². The van der Waals surface area contributed by atoms with Crippen LogP contribution in [0.4, 0.5) is 0 Å². The highest BCUT2D eigenvalue weighted by Gasteiger charge is 2.21. The molecule has 0 amide bonds. The van der Waals surface area contributed by atoms with Crippen molar-refractivity contribution in [3.05, 3.63) is 18.2 Å². The van der Waals surface area contributed by atoms with Crippen LogP contribution in [0, 0.1) is 11.3 Å². The highest BCUT2D eigenvalue weighted by molar-refractivity contribution is 7.89. The molecule has 1 aromatic heterocycles. The summed E-state index contributed by atoms with van der Waals surface area (Å²) in [6.07, 6.45) is 0.116. The molecule has 1 heterocycles. The Morgan fingerprint density at radius 1 is 1.50 bits per heavy atom. The minimum Gasteiger partial charge on any atom is -0.207 e. The molecule has 0 bridgehead atoms. The number of hydrogen-bond acceptors (Lipinski definition) is 6. The van der Waals surface area contributed by atoms with Crippen LogP contribution in [0.25, 0.3) is 11.0 Å². The predicted octanol–water partition coefficient (Wildman–Crippen LogP) is 1.27. The van der Waals surface area contributed by atoms with Gasteiger partial charge in [0.2, 0.25) is 10.0 Å². The van der Waals surface area contributed by atoms with Crippen LogP contribution in [0.1, 0.15) is 13.3 Å². The van der Waals surface area contributed by atoms with Gasteiger partial charge < -0.3 is 0 Å². The van der Waals surface area contributed by atoms with Gasteiger partial charge in [-0.15, -0.1) is 0 Å². The summed E-state index contributed by atoms with van der Waals surface area (Å²) in [5.74, 6) is 0. The topological polar surface area (TPSA) is 95.7 Å². The van der Waals surface area contributed by atoms with E-state index in [4.69, 9.17) is 5.26 Å². The molecule has 0 saturated carbocycles. The van der Waals surface area contributed by atoms with E-state index < -0.39 is 16.1 Å². The lowest BCUT2D eigenvalue weighted by molar-refractivity contribution is 0.564. The van der Waals surface area contributed by atoms with Gasteiger partial charge in [0, 0.05) is 6.04 Å². The molecule has 18 heavy (non-hydrogen) atoms. The van der Waals surface area contributed by atoms with E-state index in [0.717, 1.165) is 11.7 Å². The fourth-order valence-corrected chi connectivity index (χ4v) is 3.52. The zero-order chi connectivity index (χ0) is 13.2. The Labute approximate surface area is 109 Å². The molecule has 0 radical (unpaired) electrons. The number of rotatable bonds is 4. The summed E-state index contributed by atoms with van der Waals surface area (Å²) < 4.78 is 34.7. The molecule has 0 spiro atoms. The fraction of sp³-hybridized carbons (Fsp3) is 0.300. The molecule has 94 valence electrons. The van der Waals surface area contributed by atoms with Crippen molar-refractivity contribution in [2.24, 2.45) is 0 Å². The normalized spacial score (nSPS) is 13.3. The highest BCUT2D eigenvalue weighted by Crippen LogP contribution is 2.21. The van der Waals surface area contributed by atoms with Crippen LogP contribution >= 0.6 is 11.7 Å². The number of hydrogen-bond donors (Lipinski definition) is 1. The van der Waals surface area contributed by atoms with Crippen molar-refractivity contribution in [2.45, 2.75) is 24.3 Å². The van der Waals surface area contributed by atoms with Crippen LogP contribution in [-0.2, 0) is 10.0 Å². The molecular weight excluding hydrogens is 272 g/mol. The smallest absolute Gasteiger partial charge is 0.207 e. The van der Waals surface area contributed by atoms with E-state index in [1.165, 1.54) is 6.07 Å². The van der Waals surface area contributed by atoms with E-state index in [-0.39, 0.29) is 11.3 Å². The van der Waals surface area contributed by atoms with Gasteiger partial charge in [-0.2, -0.15) is 14.0 Å². The van der Waals surface area contributed by atoms with Crippen LogP contribution in [0.2, 0.25) is 0 Å². The minimum atomic E-state index is -3.68. The maximum Gasteiger partial charge on any atom is 0.243 e. The fourth-order valence-electron chi connectivity index (χ4n) is 1.51. The number of nitrogens with zero attached hydrogens (tertiary/aromatic N) is 3. The van der Waals surface area contributed by atoms with E-state index in [1.54, 1.807) is 19.1 Å². The largest absolute Gasteiger partial charge is 0.243 e. The van der Waals surface area contributed by atoms with Crippen LogP contribution < -0.4 is 4.72 Å². The zero-order valence-electron chi connectivity index (χ0n) is 9.49. The number of sulfonamides is 1. The summed E-state index contributed by atoms with van der Waals surface area (Å²) in [7, 11) is -3.68. The molecule has 1 unspecified atom stereocenters. The summed E-state index contributed by atoms with van der Waals surface area (Å²) in [4.78, 5) is 0.0959. The molecule has 0 aliphatic rings. The Balaban J connectivity index is 2.41. The van der Waals surface area contributed by atoms with E-state index in [2.05, 4.69) is 13.5 Å². The van der Waals surface area contributed by atoms with E-state index in [1.807, 2.05) is 6.07 Å². The highest BCUT2D eigenvalue weighted by atomic mass is 32.2. The van der Waals surface area contributed by atoms with Crippen molar-refractivity contribution in [2.75, 3.05) is 0 Å². The van der Waals surface area contributed by atoms with Gasteiger partial charge in [0.05, 0.1) is 24.2 Å². The van der Waals surface area contributed by atoms with Gasteiger partial charge in [-0.25, -0.2) is 13.1 Å². The molecule has 1 aromatic carbocycles. The Kier molecular flexibility index (Phi) is 3.56. The van der Waals surface area contributed by atoms with Gasteiger partial charge in [0.15, 0.2) is 0 Å². The first-order chi connectivity index (χ1) is 8.54. The summed E-state index contributed by atoms with van der Waals surface area (Å²) in [5.41, 5.74) is 0.912. The van der Waals surface area contributed by atoms with Gasteiger partial charge in [-0.05, 0) is 19.1 Å². The lowest BCUT2D eigenvalue weighted by Gasteiger charge is -2.11. The molecule has 0 aliphatic carbocycles. The standard InChI is InChI=1S/C10H10N4O2S2/c1-7(5-6-11)14-18(15,16)9-4-2-3-8-10(9)13-17-12-8/h2-4,7,14H,5H2,1H3. The Bertz CT molecular complexity index is 702. The third-order valence-electron chi connectivity index (χ3n) is 2.29. The first-order valence-corrected chi connectivity index (χ1v) is 7.36. The molecule has 0 fully saturated rings. The number of nitrogens with one attached hydrogen (secondary N) is 1. The molecule has 1 N–H and O–H groups in total. The summed E-state index contributed by atoms with van der Waals surface area (Å²) in [6.45, 7) is 1.64. The van der Waals surface area contributed by atoms with Crippen molar-refractivity contribution >= 4 is 32.8 Å². The maximum atomic E-state index is 12.1. The number of benzene rings is 1. The molecule has 0 saturated heterocycles. The van der Waals surface area contributed by atoms with E-state index in [0.29, 0.717) is 11.0 Å². The molecule has 1 atom stereocenters. The lowest BCUT2D eigenvalue weighted by atomic mass is 10.3. The molecule has 2 aromatic rings. The first-order valence-electron chi connectivity index (χ1n) is 5.15. The van der Waals surface area contributed by atoms with E-state index >= 15 is 0 Å². The van der Waals surface area contributed by atoms with Crippen LogP contribution in [0.3, 0.4) is 0 Å². The second-order valence-electron chi connectivity index (χ2n) is 3.77. The quantitative estimate of drug-likeness (QED) is 0.911. The summed E-state index contributed by atoms with van der Waals surface area (Å²) in [5, 5.41) is 8.54.